The molecule has 0 aliphatic carbocycles. The third kappa shape index (κ3) is 3.93. The molecule has 176 valence electrons. The fraction of sp³-hybridized carbons (Fsp3) is 0.200. The molecule has 4 heterocycles. The second kappa shape index (κ2) is 8.73. The van der Waals surface area contributed by atoms with E-state index in [1.54, 1.807) is 12.4 Å². The predicted molar refractivity (Wildman–Crippen MR) is 132 cm³/mol. The zero-order chi connectivity index (χ0) is 23.8. The number of carbonyl (C=O) groups excluding carboxylic acids is 1. The maximum Gasteiger partial charge on any atom is 0.323 e. The van der Waals surface area contributed by atoms with Crippen LogP contribution in [0, 0.1) is 0 Å². The van der Waals surface area contributed by atoms with Crippen LogP contribution in [-0.2, 0) is 11.3 Å². The summed E-state index contributed by atoms with van der Waals surface area (Å²) in [5.41, 5.74) is 4.33. The van der Waals surface area contributed by atoms with Gasteiger partial charge in [0.25, 0.3) is 5.91 Å². The van der Waals surface area contributed by atoms with Gasteiger partial charge in [0.1, 0.15) is 0 Å². The van der Waals surface area contributed by atoms with Gasteiger partial charge in [-0.2, -0.15) is 0 Å². The van der Waals surface area contributed by atoms with Gasteiger partial charge in [-0.15, -0.1) is 0 Å². The average Bonchev–Trinajstić information content (AvgIpc) is 3.47. The SMILES string of the molecule is O=C(NCc1ccccc1)c1nc2c(N3CCOCC3)nccn2c1-c1ccc2[nH]c(=O)[nH]c2c1. The number of ether oxygens (including phenoxy) is 1. The summed E-state index contributed by atoms with van der Waals surface area (Å²) < 4.78 is 7.38. The Labute approximate surface area is 199 Å². The van der Waals surface area contributed by atoms with E-state index in [1.807, 2.05) is 52.9 Å². The van der Waals surface area contributed by atoms with Crippen LogP contribution in [0.5, 0.6) is 0 Å². The van der Waals surface area contributed by atoms with Gasteiger partial charge in [0.05, 0.1) is 29.9 Å². The molecule has 1 amide bonds. The first kappa shape index (κ1) is 21.1. The highest BCUT2D eigenvalue weighted by Crippen LogP contribution is 2.30. The number of nitrogens with zero attached hydrogens (tertiary/aromatic N) is 4. The first-order chi connectivity index (χ1) is 17.2. The minimum atomic E-state index is -0.289. The van der Waals surface area contributed by atoms with Gasteiger partial charge in [-0.25, -0.2) is 14.8 Å². The smallest absolute Gasteiger partial charge is 0.323 e. The fourth-order valence-corrected chi connectivity index (χ4v) is 4.44. The lowest BCUT2D eigenvalue weighted by Gasteiger charge is -2.27. The molecule has 0 radical (unpaired) electrons. The van der Waals surface area contributed by atoms with E-state index in [2.05, 4.69) is 25.2 Å². The number of carbonyl (C=O) groups is 1. The molecule has 0 atom stereocenters. The Bertz CT molecular complexity index is 1580. The molecule has 2 aromatic carbocycles. The second-order valence-electron chi connectivity index (χ2n) is 8.36. The lowest BCUT2D eigenvalue weighted by atomic mass is 10.1. The molecule has 35 heavy (non-hydrogen) atoms. The summed E-state index contributed by atoms with van der Waals surface area (Å²) in [6.45, 7) is 2.99. The molecule has 1 fully saturated rings. The molecular weight excluding hydrogens is 446 g/mol. The zero-order valence-corrected chi connectivity index (χ0v) is 18.8. The van der Waals surface area contributed by atoms with E-state index in [0.29, 0.717) is 66.7 Å². The highest BCUT2D eigenvalue weighted by molar-refractivity contribution is 6.00. The summed E-state index contributed by atoms with van der Waals surface area (Å²) in [6, 6.07) is 15.3. The van der Waals surface area contributed by atoms with Crippen molar-refractivity contribution in [1.82, 2.24) is 29.7 Å². The molecule has 10 nitrogen and oxygen atoms in total. The van der Waals surface area contributed by atoms with Crippen molar-refractivity contribution < 1.29 is 9.53 Å². The number of anilines is 1. The maximum absolute atomic E-state index is 13.4. The van der Waals surface area contributed by atoms with Gasteiger partial charge in [0.15, 0.2) is 17.2 Å². The van der Waals surface area contributed by atoms with Gasteiger partial charge in [0, 0.05) is 37.6 Å². The van der Waals surface area contributed by atoms with Gasteiger partial charge in [-0.3, -0.25) is 9.20 Å². The number of benzene rings is 2. The third-order valence-electron chi connectivity index (χ3n) is 6.13. The van der Waals surface area contributed by atoms with Crippen LogP contribution in [-0.4, -0.2) is 56.5 Å². The van der Waals surface area contributed by atoms with Crippen molar-refractivity contribution in [3.63, 3.8) is 0 Å². The van der Waals surface area contributed by atoms with E-state index in [0.717, 1.165) is 11.1 Å². The Hall–Kier alpha value is -4.44. The largest absolute Gasteiger partial charge is 0.378 e. The van der Waals surface area contributed by atoms with E-state index in [9.17, 15) is 9.59 Å². The molecule has 5 aromatic rings. The molecule has 3 aromatic heterocycles. The minimum absolute atomic E-state index is 0.282. The number of aromatic amines is 2. The van der Waals surface area contributed by atoms with Crippen LogP contribution in [0.2, 0.25) is 0 Å². The van der Waals surface area contributed by atoms with Gasteiger partial charge in [-0.05, 0) is 17.7 Å². The summed E-state index contributed by atoms with van der Waals surface area (Å²) >= 11 is 0. The van der Waals surface area contributed by atoms with Crippen molar-refractivity contribution in [2.75, 3.05) is 31.2 Å². The Kier molecular flexibility index (Phi) is 5.27. The van der Waals surface area contributed by atoms with Crippen LogP contribution in [0.15, 0.2) is 65.7 Å². The zero-order valence-electron chi connectivity index (χ0n) is 18.8. The number of morpholine rings is 1. The van der Waals surface area contributed by atoms with Crippen LogP contribution >= 0.6 is 0 Å². The van der Waals surface area contributed by atoms with Crippen LogP contribution in [0.4, 0.5) is 5.82 Å². The number of amides is 1. The average molecular weight is 470 g/mol. The first-order valence-electron chi connectivity index (χ1n) is 11.4. The number of H-pyrrole nitrogens is 2. The molecule has 0 saturated carbocycles. The Balaban J connectivity index is 1.48. The summed E-state index contributed by atoms with van der Waals surface area (Å²) in [5.74, 6) is 0.415. The normalized spacial score (nSPS) is 14.0. The minimum Gasteiger partial charge on any atom is -0.378 e. The lowest BCUT2D eigenvalue weighted by Crippen LogP contribution is -2.37. The van der Waals surface area contributed by atoms with Gasteiger partial charge < -0.3 is 24.9 Å². The van der Waals surface area contributed by atoms with Crippen molar-refractivity contribution in [2.24, 2.45) is 0 Å². The van der Waals surface area contributed by atoms with Crippen LogP contribution in [0.25, 0.3) is 27.9 Å². The number of fused-ring (bicyclic) bond motifs is 2. The van der Waals surface area contributed by atoms with Crippen molar-refractivity contribution in [2.45, 2.75) is 6.54 Å². The topological polar surface area (TPSA) is 120 Å². The standard InChI is InChI=1S/C25H23N7O3/c33-24(27-15-16-4-2-1-3-5-16)20-21(17-6-7-18-19(14-17)29-25(34)28-18)32-9-8-26-22(23(32)30-20)31-10-12-35-13-11-31/h1-9,14H,10-13,15H2,(H,27,33)(H2,28,29,34). The van der Waals surface area contributed by atoms with Crippen LogP contribution in [0.1, 0.15) is 16.1 Å². The molecular formula is C25H23N7O3. The molecule has 3 N–H and O–H groups in total. The number of hydrogen-bond donors (Lipinski definition) is 3. The Morgan fingerprint density at radius 1 is 1.06 bits per heavy atom. The predicted octanol–water partition coefficient (Wildman–Crippen LogP) is 2.33. The van der Waals surface area contributed by atoms with Gasteiger partial charge in [0.2, 0.25) is 0 Å². The van der Waals surface area contributed by atoms with Crippen LogP contribution < -0.4 is 15.9 Å². The summed E-state index contributed by atoms with van der Waals surface area (Å²) in [5, 5.41) is 2.99. The van der Waals surface area contributed by atoms with E-state index in [-0.39, 0.29) is 11.6 Å². The van der Waals surface area contributed by atoms with E-state index < -0.39 is 0 Å². The maximum atomic E-state index is 13.4. The number of imidazole rings is 2. The third-order valence-corrected chi connectivity index (χ3v) is 6.13. The summed E-state index contributed by atoms with van der Waals surface area (Å²) in [7, 11) is 0. The number of rotatable bonds is 5. The van der Waals surface area contributed by atoms with E-state index in [4.69, 9.17) is 9.72 Å². The quantitative estimate of drug-likeness (QED) is 0.363. The molecule has 1 aliphatic heterocycles. The summed E-state index contributed by atoms with van der Waals surface area (Å²) in [4.78, 5) is 42.3. The lowest BCUT2D eigenvalue weighted by molar-refractivity contribution is 0.0947. The summed E-state index contributed by atoms with van der Waals surface area (Å²) in [6.07, 6.45) is 3.52. The Morgan fingerprint density at radius 2 is 1.86 bits per heavy atom. The highest BCUT2D eigenvalue weighted by Gasteiger charge is 2.25. The number of nitrogens with one attached hydrogen (secondary N) is 3. The first-order valence-corrected chi connectivity index (χ1v) is 11.4. The molecule has 1 aliphatic rings. The van der Waals surface area contributed by atoms with Crippen molar-refractivity contribution in [1.29, 1.82) is 0 Å². The van der Waals surface area contributed by atoms with E-state index in [1.165, 1.54) is 0 Å². The second-order valence-corrected chi connectivity index (χ2v) is 8.36. The molecule has 10 heteroatoms. The van der Waals surface area contributed by atoms with Crippen molar-refractivity contribution >= 4 is 28.4 Å². The monoisotopic (exact) mass is 469 g/mol. The molecule has 0 spiro atoms. The number of hydrogen-bond acceptors (Lipinski definition) is 6. The van der Waals surface area contributed by atoms with Crippen LogP contribution in [0.3, 0.4) is 0 Å². The molecule has 1 saturated heterocycles. The molecule has 0 bridgehead atoms. The van der Waals surface area contributed by atoms with E-state index >= 15 is 0 Å². The molecule has 0 unspecified atom stereocenters. The molecule has 6 rings (SSSR count). The van der Waals surface area contributed by atoms with Crippen molar-refractivity contribution in [3.05, 3.63) is 82.7 Å². The number of aromatic nitrogens is 5. The van der Waals surface area contributed by atoms with Gasteiger partial charge in [-0.1, -0.05) is 36.4 Å². The van der Waals surface area contributed by atoms with Gasteiger partial charge >= 0.3 is 5.69 Å². The fourth-order valence-electron chi connectivity index (χ4n) is 4.44. The highest BCUT2D eigenvalue weighted by atomic mass is 16.5. The van der Waals surface area contributed by atoms with Crippen molar-refractivity contribution in [3.8, 4) is 11.3 Å². The Morgan fingerprint density at radius 3 is 2.69 bits per heavy atom.